The first-order chi connectivity index (χ1) is 7.33. The van der Waals surface area contributed by atoms with Crippen LogP contribution in [0.5, 0.6) is 0 Å². The topological polar surface area (TPSA) is 42.5 Å². The smallest absolute Gasteiger partial charge is 0.166 e. The molecule has 5 heteroatoms. The molecule has 0 aromatic carbocycles. The summed E-state index contributed by atoms with van der Waals surface area (Å²) in [6.45, 7) is 4.16. The van der Waals surface area contributed by atoms with Gasteiger partial charge in [0.25, 0.3) is 0 Å². The van der Waals surface area contributed by atoms with Crippen LogP contribution in [-0.4, -0.2) is 45.1 Å². The molecule has 0 atom stereocenters. The molecule has 0 aromatic heterocycles. The van der Waals surface area contributed by atoms with Crippen molar-refractivity contribution >= 4 is 17.3 Å². The van der Waals surface area contributed by atoms with Crippen molar-refractivity contribution in [3.8, 4) is 0 Å². The third-order valence-electron chi connectivity index (χ3n) is 2.48. The van der Waals surface area contributed by atoms with Crippen molar-refractivity contribution in [3.63, 3.8) is 0 Å². The molecule has 0 spiro atoms. The van der Waals surface area contributed by atoms with Gasteiger partial charge in [-0.1, -0.05) is 0 Å². The summed E-state index contributed by atoms with van der Waals surface area (Å²) in [5.41, 5.74) is 0. The van der Waals surface area contributed by atoms with Gasteiger partial charge in [0.05, 0.1) is 6.61 Å². The van der Waals surface area contributed by atoms with Crippen molar-refractivity contribution in [2.45, 2.75) is 12.8 Å². The molecule has 1 rings (SSSR count). The van der Waals surface area contributed by atoms with Crippen molar-refractivity contribution in [1.29, 1.82) is 0 Å². The van der Waals surface area contributed by atoms with Gasteiger partial charge in [-0.25, -0.2) is 0 Å². The van der Waals surface area contributed by atoms with Gasteiger partial charge in [0.15, 0.2) is 5.11 Å². The third kappa shape index (κ3) is 5.92. The standard InChI is InChI=1S/C10H20N2O2S/c1-13-7-4-11-10(15)12-8-9-2-5-14-6-3-9/h9H,2-8H2,1H3,(H2,11,12,15). The van der Waals surface area contributed by atoms with Gasteiger partial charge in [0.2, 0.25) is 0 Å². The van der Waals surface area contributed by atoms with Crippen LogP contribution in [0.15, 0.2) is 0 Å². The maximum absolute atomic E-state index is 5.29. The van der Waals surface area contributed by atoms with Crippen LogP contribution in [0.4, 0.5) is 0 Å². The molecule has 0 bridgehead atoms. The Balaban J connectivity index is 2.00. The number of rotatable bonds is 5. The Kier molecular flexibility index (Phi) is 6.63. The molecular weight excluding hydrogens is 212 g/mol. The van der Waals surface area contributed by atoms with Gasteiger partial charge in [-0.2, -0.15) is 0 Å². The molecule has 88 valence electrons. The molecule has 1 saturated heterocycles. The highest BCUT2D eigenvalue weighted by atomic mass is 32.1. The second-order valence-corrected chi connectivity index (χ2v) is 4.09. The number of ether oxygens (including phenoxy) is 2. The minimum Gasteiger partial charge on any atom is -0.383 e. The monoisotopic (exact) mass is 232 g/mol. The zero-order valence-corrected chi connectivity index (χ0v) is 10.1. The molecule has 4 nitrogen and oxygen atoms in total. The molecule has 2 N–H and O–H groups in total. The lowest BCUT2D eigenvalue weighted by atomic mass is 10.0. The quantitative estimate of drug-likeness (QED) is 0.534. The Morgan fingerprint density at radius 1 is 1.40 bits per heavy atom. The predicted octanol–water partition coefficient (Wildman–Crippen LogP) is 0.523. The molecule has 0 aliphatic carbocycles. The molecule has 0 radical (unpaired) electrons. The van der Waals surface area contributed by atoms with E-state index >= 15 is 0 Å². The Morgan fingerprint density at radius 3 is 2.80 bits per heavy atom. The molecule has 0 unspecified atom stereocenters. The second kappa shape index (κ2) is 7.84. The third-order valence-corrected chi connectivity index (χ3v) is 2.77. The average Bonchev–Trinajstić information content (AvgIpc) is 2.28. The predicted molar refractivity (Wildman–Crippen MR) is 64.0 cm³/mol. The van der Waals surface area contributed by atoms with E-state index in [0.717, 1.165) is 44.3 Å². The lowest BCUT2D eigenvalue weighted by molar-refractivity contribution is 0.0676. The highest BCUT2D eigenvalue weighted by Gasteiger charge is 2.13. The minimum atomic E-state index is 0.680. The summed E-state index contributed by atoms with van der Waals surface area (Å²) in [4.78, 5) is 0. The Hall–Kier alpha value is -0.390. The molecule has 0 saturated carbocycles. The summed E-state index contributed by atoms with van der Waals surface area (Å²) in [5.74, 6) is 0.695. The first-order valence-electron chi connectivity index (χ1n) is 5.41. The van der Waals surface area contributed by atoms with Gasteiger partial charge in [-0.05, 0) is 31.0 Å². The fourth-order valence-corrected chi connectivity index (χ4v) is 1.70. The molecule has 0 aromatic rings. The van der Waals surface area contributed by atoms with Crippen molar-refractivity contribution in [2.24, 2.45) is 5.92 Å². The van der Waals surface area contributed by atoms with E-state index in [1.165, 1.54) is 0 Å². The van der Waals surface area contributed by atoms with E-state index in [-0.39, 0.29) is 0 Å². The van der Waals surface area contributed by atoms with Crippen LogP contribution in [0.3, 0.4) is 0 Å². The van der Waals surface area contributed by atoms with E-state index in [0.29, 0.717) is 12.5 Å². The first kappa shape index (κ1) is 12.7. The molecule has 1 heterocycles. The summed E-state index contributed by atoms with van der Waals surface area (Å²) < 4.78 is 10.2. The lowest BCUT2D eigenvalue weighted by Crippen LogP contribution is -2.40. The first-order valence-corrected chi connectivity index (χ1v) is 5.82. The van der Waals surface area contributed by atoms with Crippen LogP contribution in [0.1, 0.15) is 12.8 Å². The van der Waals surface area contributed by atoms with E-state index in [1.807, 2.05) is 0 Å². The van der Waals surface area contributed by atoms with Crippen molar-refractivity contribution in [3.05, 3.63) is 0 Å². The van der Waals surface area contributed by atoms with Gasteiger partial charge < -0.3 is 20.1 Å². The summed E-state index contributed by atoms with van der Waals surface area (Å²) in [5, 5.41) is 7.03. The Bertz CT molecular complexity index is 184. The minimum absolute atomic E-state index is 0.680. The molecule has 1 aliphatic heterocycles. The Morgan fingerprint density at radius 2 is 2.13 bits per heavy atom. The zero-order chi connectivity index (χ0) is 10.9. The summed E-state index contributed by atoms with van der Waals surface area (Å²) in [6.07, 6.45) is 2.27. The largest absolute Gasteiger partial charge is 0.383 e. The van der Waals surface area contributed by atoms with Crippen molar-refractivity contribution in [1.82, 2.24) is 10.6 Å². The van der Waals surface area contributed by atoms with Crippen LogP contribution in [0.25, 0.3) is 0 Å². The SMILES string of the molecule is COCCNC(=S)NCC1CCOCC1. The number of thiocarbonyl (C=S) groups is 1. The van der Waals surface area contributed by atoms with E-state index < -0.39 is 0 Å². The number of hydrogen-bond acceptors (Lipinski definition) is 3. The lowest BCUT2D eigenvalue weighted by Gasteiger charge is -2.22. The molecular formula is C10H20N2O2S. The van der Waals surface area contributed by atoms with Crippen LogP contribution in [0, 0.1) is 5.92 Å². The van der Waals surface area contributed by atoms with E-state index in [1.54, 1.807) is 7.11 Å². The normalized spacial score (nSPS) is 17.4. The van der Waals surface area contributed by atoms with E-state index in [9.17, 15) is 0 Å². The molecule has 15 heavy (non-hydrogen) atoms. The highest BCUT2D eigenvalue weighted by molar-refractivity contribution is 7.80. The van der Waals surface area contributed by atoms with Crippen molar-refractivity contribution < 1.29 is 9.47 Å². The van der Waals surface area contributed by atoms with Gasteiger partial charge in [0.1, 0.15) is 0 Å². The molecule has 1 aliphatic rings. The fourth-order valence-electron chi connectivity index (χ4n) is 1.52. The van der Waals surface area contributed by atoms with Gasteiger partial charge in [0, 0.05) is 33.4 Å². The molecule has 1 fully saturated rings. The number of nitrogens with one attached hydrogen (secondary N) is 2. The Labute approximate surface area is 96.7 Å². The zero-order valence-electron chi connectivity index (χ0n) is 9.25. The van der Waals surface area contributed by atoms with Crippen LogP contribution in [-0.2, 0) is 9.47 Å². The number of hydrogen-bond donors (Lipinski definition) is 2. The van der Waals surface area contributed by atoms with Crippen LogP contribution < -0.4 is 10.6 Å². The number of methoxy groups -OCH3 is 1. The average molecular weight is 232 g/mol. The maximum atomic E-state index is 5.29. The van der Waals surface area contributed by atoms with E-state index in [2.05, 4.69) is 10.6 Å². The summed E-state index contributed by atoms with van der Waals surface area (Å²) >= 11 is 5.13. The van der Waals surface area contributed by atoms with Crippen LogP contribution >= 0.6 is 12.2 Å². The van der Waals surface area contributed by atoms with Gasteiger partial charge >= 0.3 is 0 Å². The maximum Gasteiger partial charge on any atom is 0.166 e. The van der Waals surface area contributed by atoms with E-state index in [4.69, 9.17) is 21.7 Å². The summed E-state index contributed by atoms with van der Waals surface area (Å²) in [7, 11) is 1.68. The summed E-state index contributed by atoms with van der Waals surface area (Å²) in [6, 6.07) is 0. The van der Waals surface area contributed by atoms with Gasteiger partial charge in [-0.3, -0.25) is 0 Å². The molecule has 0 amide bonds. The highest BCUT2D eigenvalue weighted by Crippen LogP contribution is 2.12. The van der Waals surface area contributed by atoms with Gasteiger partial charge in [-0.15, -0.1) is 0 Å². The van der Waals surface area contributed by atoms with Crippen LogP contribution in [0.2, 0.25) is 0 Å². The second-order valence-electron chi connectivity index (χ2n) is 3.69. The fraction of sp³-hybridized carbons (Fsp3) is 0.900. The van der Waals surface area contributed by atoms with Crippen molar-refractivity contribution in [2.75, 3.05) is 40.0 Å².